The molecule has 0 saturated heterocycles. The summed E-state index contributed by atoms with van der Waals surface area (Å²) in [6.07, 6.45) is 0.0695. The summed E-state index contributed by atoms with van der Waals surface area (Å²) >= 11 is 1.50. The molecule has 20 heavy (non-hydrogen) atoms. The molecule has 0 saturated carbocycles. The molecule has 1 aromatic carbocycles. The van der Waals surface area contributed by atoms with Crippen LogP contribution in [0.25, 0.3) is 0 Å². The van der Waals surface area contributed by atoms with E-state index >= 15 is 0 Å². The quantitative estimate of drug-likeness (QED) is 0.934. The summed E-state index contributed by atoms with van der Waals surface area (Å²) in [5, 5.41) is 5.18. The lowest BCUT2D eigenvalue weighted by molar-refractivity contribution is -0.115. The van der Waals surface area contributed by atoms with Gasteiger partial charge in [-0.25, -0.2) is 13.8 Å². The van der Waals surface area contributed by atoms with Crippen LogP contribution in [-0.4, -0.2) is 10.9 Å². The summed E-state index contributed by atoms with van der Waals surface area (Å²) in [5.41, 5.74) is 0.620. The Kier molecular flexibility index (Phi) is 4.44. The lowest BCUT2D eigenvalue weighted by Gasteiger charge is -2.05. The summed E-state index contributed by atoms with van der Waals surface area (Å²) in [4.78, 5) is 16.1. The van der Waals surface area contributed by atoms with Crippen molar-refractivity contribution >= 4 is 22.9 Å². The first kappa shape index (κ1) is 14.6. The normalized spacial score (nSPS) is 10.8. The second-order valence-electron chi connectivity index (χ2n) is 4.68. The number of nitrogens with one attached hydrogen (secondary N) is 1. The van der Waals surface area contributed by atoms with Crippen LogP contribution in [0.15, 0.2) is 23.6 Å². The molecule has 1 heterocycles. The molecular weight excluding hydrogens is 282 g/mol. The van der Waals surface area contributed by atoms with Crippen molar-refractivity contribution in [1.29, 1.82) is 0 Å². The number of halogens is 2. The van der Waals surface area contributed by atoms with E-state index in [1.165, 1.54) is 17.4 Å². The Hall–Kier alpha value is -1.82. The van der Waals surface area contributed by atoms with Gasteiger partial charge in [0, 0.05) is 17.4 Å². The number of benzene rings is 1. The van der Waals surface area contributed by atoms with Crippen molar-refractivity contribution in [2.24, 2.45) is 0 Å². The Labute approximate surface area is 119 Å². The highest BCUT2D eigenvalue weighted by Gasteiger charge is 2.12. The van der Waals surface area contributed by atoms with Gasteiger partial charge in [-0.05, 0) is 12.1 Å². The highest BCUT2D eigenvalue weighted by molar-refractivity contribution is 7.09. The molecule has 0 fully saturated rings. The molecule has 0 aliphatic rings. The van der Waals surface area contributed by atoms with Gasteiger partial charge in [0.05, 0.1) is 22.8 Å². The zero-order valence-corrected chi connectivity index (χ0v) is 11.9. The van der Waals surface area contributed by atoms with E-state index in [1.54, 1.807) is 0 Å². The number of carbonyl (C=O) groups is 1. The van der Waals surface area contributed by atoms with Gasteiger partial charge in [-0.1, -0.05) is 13.8 Å². The Morgan fingerprint density at radius 1 is 1.40 bits per heavy atom. The Morgan fingerprint density at radius 3 is 2.75 bits per heavy atom. The molecule has 6 heteroatoms. The molecule has 0 unspecified atom stereocenters. The van der Waals surface area contributed by atoms with Gasteiger partial charge in [0.2, 0.25) is 5.91 Å². The van der Waals surface area contributed by atoms with Crippen LogP contribution in [0.2, 0.25) is 0 Å². The zero-order chi connectivity index (χ0) is 14.7. The average Bonchev–Trinajstić information content (AvgIpc) is 2.81. The van der Waals surface area contributed by atoms with Crippen LogP contribution in [0.5, 0.6) is 0 Å². The SMILES string of the molecule is CC(C)c1nc(CC(=O)Nc2ccc(F)cc2F)cs1. The Bertz CT molecular complexity index is 625. The van der Waals surface area contributed by atoms with Crippen molar-refractivity contribution in [2.75, 3.05) is 5.32 Å². The molecule has 3 nitrogen and oxygen atoms in total. The van der Waals surface area contributed by atoms with Gasteiger partial charge in [-0.2, -0.15) is 0 Å². The molecule has 106 valence electrons. The molecule has 0 aliphatic heterocycles. The van der Waals surface area contributed by atoms with E-state index in [9.17, 15) is 13.6 Å². The number of hydrogen-bond donors (Lipinski definition) is 1. The van der Waals surface area contributed by atoms with Crippen LogP contribution in [0.1, 0.15) is 30.5 Å². The summed E-state index contributed by atoms with van der Waals surface area (Å²) < 4.78 is 26.1. The maximum absolute atomic E-state index is 13.4. The van der Waals surface area contributed by atoms with Crippen LogP contribution in [0.4, 0.5) is 14.5 Å². The number of rotatable bonds is 4. The molecule has 1 amide bonds. The van der Waals surface area contributed by atoms with Gasteiger partial charge in [-0.3, -0.25) is 4.79 Å². The fourth-order valence-electron chi connectivity index (χ4n) is 1.62. The summed E-state index contributed by atoms with van der Waals surface area (Å²) in [6.45, 7) is 4.05. The van der Waals surface area contributed by atoms with Crippen molar-refractivity contribution in [1.82, 2.24) is 4.98 Å². The standard InChI is InChI=1S/C14H14F2N2OS/c1-8(2)14-17-10(7-20-14)6-13(19)18-12-4-3-9(15)5-11(12)16/h3-5,7-8H,6H2,1-2H3,(H,18,19). The van der Waals surface area contributed by atoms with Crippen molar-refractivity contribution in [3.05, 3.63) is 45.9 Å². The van der Waals surface area contributed by atoms with Gasteiger partial charge >= 0.3 is 0 Å². The van der Waals surface area contributed by atoms with Crippen LogP contribution >= 0.6 is 11.3 Å². The average molecular weight is 296 g/mol. The van der Waals surface area contributed by atoms with Crippen LogP contribution in [0.3, 0.4) is 0 Å². The highest BCUT2D eigenvalue weighted by atomic mass is 32.1. The molecule has 1 N–H and O–H groups in total. The molecule has 0 radical (unpaired) electrons. The highest BCUT2D eigenvalue weighted by Crippen LogP contribution is 2.20. The third kappa shape index (κ3) is 3.60. The monoisotopic (exact) mass is 296 g/mol. The minimum Gasteiger partial charge on any atom is -0.323 e. The van der Waals surface area contributed by atoms with Gasteiger partial charge in [0.25, 0.3) is 0 Å². The molecule has 0 spiro atoms. The second kappa shape index (κ2) is 6.09. The molecule has 2 aromatic rings. The predicted molar refractivity (Wildman–Crippen MR) is 74.9 cm³/mol. The van der Waals surface area contributed by atoms with E-state index < -0.39 is 11.6 Å². The number of amides is 1. The summed E-state index contributed by atoms with van der Waals surface area (Å²) in [7, 11) is 0. The maximum atomic E-state index is 13.4. The number of carbonyl (C=O) groups excluding carboxylic acids is 1. The number of anilines is 1. The summed E-state index contributed by atoms with van der Waals surface area (Å²) in [5.74, 6) is -1.54. The van der Waals surface area contributed by atoms with Crippen molar-refractivity contribution in [2.45, 2.75) is 26.2 Å². The molecule has 0 atom stereocenters. The van der Waals surface area contributed by atoms with E-state index in [4.69, 9.17) is 0 Å². The van der Waals surface area contributed by atoms with Gasteiger partial charge < -0.3 is 5.32 Å². The fourth-order valence-corrected chi connectivity index (χ4v) is 2.45. The minimum absolute atomic E-state index is 0.0317. The molecule has 0 aliphatic carbocycles. The first-order valence-electron chi connectivity index (χ1n) is 6.15. The smallest absolute Gasteiger partial charge is 0.230 e. The number of aromatic nitrogens is 1. The largest absolute Gasteiger partial charge is 0.323 e. The van der Waals surface area contributed by atoms with E-state index in [0.29, 0.717) is 11.6 Å². The first-order chi connectivity index (χ1) is 9.45. The zero-order valence-electron chi connectivity index (χ0n) is 11.1. The van der Waals surface area contributed by atoms with Crippen molar-refractivity contribution in [3.63, 3.8) is 0 Å². The molecule has 0 bridgehead atoms. The van der Waals surface area contributed by atoms with Crippen LogP contribution in [0, 0.1) is 11.6 Å². The third-order valence-electron chi connectivity index (χ3n) is 2.61. The summed E-state index contributed by atoms with van der Waals surface area (Å²) in [6, 6.07) is 3.02. The van der Waals surface area contributed by atoms with Crippen molar-refractivity contribution < 1.29 is 13.6 Å². The predicted octanol–water partition coefficient (Wildman–Crippen LogP) is 3.73. The minimum atomic E-state index is -0.792. The van der Waals surface area contributed by atoms with Crippen molar-refractivity contribution in [3.8, 4) is 0 Å². The second-order valence-corrected chi connectivity index (χ2v) is 5.57. The molecule has 1 aromatic heterocycles. The van der Waals surface area contributed by atoms with E-state index in [2.05, 4.69) is 10.3 Å². The van der Waals surface area contributed by atoms with Gasteiger partial charge in [0.15, 0.2) is 0 Å². The van der Waals surface area contributed by atoms with Crippen LogP contribution < -0.4 is 5.32 Å². The lowest BCUT2D eigenvalue weighted by atomic mass is 10.2. The van der Waals surface area contributed by atoms with Crippen LogP contribution in [-0.2, 0) is 11.2 Å². The van der Waals surface area contributed by atoms with Gasteiger partial charge in [0.1, 0.15) is 11.6 Å². The molecule has 2 rings (SSSR count). The van der Waals surface area contributed by atoms with Gasteiger partial charge in [-0.15, -0.1) is 11.3 Å². The number of hydrogen-bond acceptors (Lipinski definition) is 3. The lowest BCUT2D eigenvalue weighted by Crippen LogP contribution is -2.15. The number of nitrogens with zero attached hydrogens (tertiary/aromatic N) is 1. The van der Waals surface area contributed by atoms with E-state index in [0.717, 1.165) is 17.1 Å². The maximum Gasteiger partial charge on any atom is 0.230 e. The van der Waals surface area contributed by atoms with E-state index in [1.807, 2.05) is 19.2 Å². The fraction of sp³-hybridized carbons (Fsp3) is 0.286. The third-order valence-corrected chi connectivity index (χ3v) is 3.80. The Morgan fingerprint density at radius 2 is 2.15 bits per heavy atom. The van der Waals surface area contributed by atoms with E-state index in [-0.39, 0.29) is 18.0 Å². The Balaban J connectivity index is 2.01. The number of thiazole rings is 1. The molecular formula is C14H14F2N2OS. The topological polar surface area (TPSA) is 42.0 Å². The first-order valence-corrected chi connectivity index (χ1v) is 7.03.